The molecule has 3 rings (SSSR count). The van der Waals surface area contributed by atoms with Crippen molar-refractivity contribution in [3.05, 3.63) is 42.1 Å². The number of aromatic nitrogens is 1. The second-order valence-corrected chi connectivity index (χ2v) is 5.96. The lowest BCUT2D eigenvalue weighted by Crippen LogP contribution is -2.45. The topological polar surface area (TPSA) is 54.5 Å². The van der Waals surface area contributed by atoms with Gasteiger partial charge in [-0.25, -0.2) is 0 Å². The number of hydrogen-bond acceptors (Lipinski definition) is 4. The minimum absolute atomic E-state index is 0.000980. The third-order valence-electron chi connectivity index (χ3n) is 4.42. The summed E-state index contributed by atoms with van der Waals surface area (Å²) in [5.41, 5.74) is 1.56. The Kier molecular flexibility index (Phi) is 5.20. The highest BCUT2D eigenvalue weighted by molar-refractivity contribution is 6.06. The van der Waals surface area contributed by atoms with Crippen molar-refractivity contribution in [1.82, 2.24) is 15.2 Å². The van der Waals surface area contributed by atoms with Gasteiger partial charge in [0.05, 0.1) is 12.1 Å². The van der Waals surface area contributed by atoms with E-state index in [1.165, 1.54) is 0 Å². The third-order valence-corrected chi connectivity index (χ3v) is 4.42. The van der Waals surface area contributed by atoms with Crippen molar-refractivity contribution in [3.8, 4) is 0 Å². The van der Waals surface area contributed by atoms with Crippen molar-refractivity contribution in [3.63, 3.8) is 0 Å². The summed E-state index contributed by atoms with van der Waals surface area (Å²) in [6, 6.07) is 9.75. The minimum atomic E-state index is -0.000980. The molecule has 0 radical (unpaired) electrons. The van der Waals surface area contributed by atoms with Gasteiger partial charge in [-0.15, -0.1) is 0 Å². The molecule has 122 valence electrons. The Morgan fingerprint density at radius 1 is 1.30 bits per heavy atom. The molecule has 5 nitrogen and oxygen atoms in total. The molecule has 1 fully saturated rings. The summed E-state index contributed by atoms with van der Waals surface area (Å²) in [6.45, 7) is 3.74. The van der Waals surface area contributed by atoms with E-state index in [2.05, 4.69) is 15.2 Å². The highest BCUT2D eigenvalue weighted by Crippen LogP contribution is 2.17. The van der Waals surface area contributed by atoms with Gasteiger partial charge in [-0.1, -0.05) is 12.1 Å². The molecule has 1 aliphatic rings. The second-order valence-electron chi connectivity index (χ2n) is 5.96. The van der Waals surface area contributed by atoms with Crippen LogP contribution in [-0.4, -0.2) is 55.2 Å². The van der Waals surface area contributed by atoms with Crippen LogP contribution in [0.2, 0.25) is 0 Å². The normalized spacial score (nSPS) is 16.6. The van der Waals surface area contributed by atoms with Gasteiger partial charge in [0.2, 0.25) is 0 Å². The number of benzene rings is 1. The molecule has 0 bridgehead atoms. The number of ether oxygens (including phenoxy) is 1. The number of pyridine rings is 1. The molecule has 1 N–H and O–H groups in total. The van der Waals surface area contributed by atoms with Gasteiger partial charge in [0.1, 0.15) is 0 Å². The number of hydrogen-bond donors (Lipinski definition) is 1. The molecule has 0 spiro atoms. The number of rotatable bonds is 5. The van der Waals surface area contributed by atoms with Gasteiger partial charge in [0.15, 0.2) is 0 Å². The second kappa shape index (κ2) is 7.53. The van der Waals surface area contributed by atoms with E-state index < -0.39 is 0 Å². The molecule has 2 heterocycles. The summed E-state index contributed by atoms with van der Waals surface area (Å²) in [6.07, 6.45) is 3.72. The van der Waals surface area contributed by atoms with Crippen LogP contribution in [0.5, 0.6) is 0 Å². The van der Waals surface area contributed by atoms with Crippen LogP contribution < -0.4 is 5.32 Å². The molecule has 23 heavy (non-hydrogen) atoms. The van der Waals surface area contributed by atoms with Crippen LogP contribution >= 0.6 is 0 Å². The van der Waals surface area contributed by atoms with E-state index in [1.54, 1.807) is 13.3 Å². The fraction of sp³-hybridized carbons (Fsp3) is 0.444. The first kappa shape index (κ1) is 15.9. The molecule has 1 amide bonds. The van der Waals surface area contributed by atoms with Crippen molar-refractivity contribution in [1.29, 1.82) is 0 Å². The van der Waals surface area contributed by atoms with E-state index in [-0.39, 0.29) is 11.9 Å². The highest BCUT2D eigenvalue weighted by Gasteiger charge is 2.21. The Bertz CT molecular complexity index is 661. The van der Waals surface area contributed by atoms with Crippen LogP contribution in [0, 0.1) is 0 Å². The summed E-state index contributed by atoms with van der Waals surface area (Å²) in [7, 11) is 1.73. The SMILES string of the molecule is COCCN1CCC(NC(=O)c2cccc3ncccc23)CC1. The number of methoxy groups -OCH3 is 1. The van der Waals surface area contributed by atoms with Gasteiger partial charge in [-0.2, -0.15) is 0 Å². The van der Waals surface area contributed by atoms with E-state index in [0.717, 1.165) is 50.0 Å². The summed E-state index contributed by atoms with van der Waals surface area (Å²) < 4.78 is 5.12. The van der Waals surface area contributed by atoms with E-state index in [4.69, 9.17) is 4.74 Å². The van der Waals surface area contributed by atoms with Crippen LogP contribution in [0.4, 0.5) is 0 Å². The average Bonchev–Trinajstić information content (AvgIpc) is 2.60. The Hall–Kier alpha value is -1.98. The number of likely N-dealkylation sites (tertiary alicyclic amines) is 1. The number of carbonyl (C=O) groups excluding carboxylic acids is 1. The smallest absolute Gasteiger partial charge is 0.252 e. The van der Waals surface area contributed by atoms with Crippen molar-refractivity contribution >= 4 is 16.8 Å². The van der Waals surface area contributed by atoms with Gasteiger partial charge >= 0.3 is 0 Å². The lowest BCUT2D eigenvalue weighted by atomic mass is 10.0. The zero-order valence-electron chi connectivity index (χ0n) is 13.5. The molecule has 0 atom stereocenters. The Balaban J connectivity index is 1.61. The number of fused-ring (bicyclic) bond motifs is 1. The first-order chi connectivity index (χ1) is 11.3. The summed E-state index contributed by atoms with van der Waals surface area (Å²) >= 11 is 0. The average molecular weight is 313 g/mol. The first-order valence-corrected chi connectivity index (χ1v) is 8.14. The lowest BCUT2D eigenvalue weighted by molar-refractivity contribution is 0.0894. The maximum atomic E-state index is 12.6. The maximum absolute atomic E-state index is 12.6. The van der Waals surface area contributed by atoms with Crippen LogP contribution in [0.3, 0.4) is 0 Å². The molecule has 2 aromatic rings. The third kappa shape index (κ3) is 3.86. The van der Waals surface area contributed by atoms with Crippen molar-refractivity contribution in [2.24, 2.45) is 0 Å². The van der Waals surface area contributed by atoms with Crippen molar-refractivity contribution < 1.29 is 9.53 Å². The molecule has 1 aromatic heterocycles. The number of amides is 1. The van der Waals surface area contributed by atoms with Crippen molar-refractivity contribution in [2.45, 2.75) is 18.9 Å². The summed E-state index contributed by atoms with van der Waals surface area (Å²) in [5.74, 6) is -0.000980. The number of piperidine rings is 1. The molecule has 5 heteroatoms. The summed E-state index contributed by atoms with van der Waals surface area (Å²) in [4.78, 5) is 19.3. The van der Waals surface area contributed by atoms with E-state index >= 15 is 0 Å². The van der Waals surface area contributed by atoms with Gasteiger partial charge in [-0.3, -0.25) is 9.78 Å². The molecule has 1 aliphatic heterocycles. The van der Waals surface area contributed by atoms with Gasteiger partial charge < -0.3 is 15.0 Å². The van der Waals surface area contributed by atoms with E-state index in [1.807, 2.05) is 30.3 Å². The van der Waals surface area contributed by atoms with E-state index in [0.29, 0.717) is 5.56 Å². The van der Waals surface area contributed by atoms with Crippen molar-refractivity contribution in [2.75, 3.05) is 33.4 Å². The Labute approximate surface area is 136 Å². The predicted octanol–water partition coefficient (Wildman–Crippen LogP) is 2.08. The Morgan fingerprint density at radius 3 is 2.91 bits per heavy atom. The molecule has 1 aromatic carbocycles. The number of carbonyl (C=O) groups is 1. The monoisotopic (exact) mass is 313 g/mol. The maximum Gasteiger partial charge on any atom is 0.252 e. The predicted molar refractivity (Wildman–Crippen MR) is 90.5 cm³/mol. The van der Waals surface area contributed by atoms with Crippen LogP contribution in [0.25, 0.3) is 10.9 Å². The number of nitrogens with zero attached hydrogens (tertiary/aromatic N) is 2. The molecular weight excluding hydrogens is 290 g/mol. The van der Waals surface area contributed by atoms with Crippen LogP contribution in [0.15, 0.2) is 36.5 Å². The molecule has 1 saturated heterocycles. The molecule has 0 unspecified atom stereocenters. The fourth-order valence-electron chi connectivity index (χ4n) is 3.09. The van der Waals surface area contributed by atoms with E-state index in [9.17, 15) is 4.79 Å². The Morgan fingerprint density at radius 2 is 2.13 bits per heavy atom. The number of nitrogens with one attached hydrogen (secondary N) is 1. The zero-order chi connectivity index (χ0) is 16.1. The highest BCUT2D eigenvalue weighted by atomic mass is 16.5. The quantitative estimate of drug-likeness (QED) is 0.918. The van der Waals surface area contributed by atoms with Gasteiger partial charge in [0.25, 0.3) is 5.91 Å². The summed E-state index contributed by atoms with van der Waals surface area (Å²) in [5, 5.41) is 4.09. The van der Waals surface area contributed by atoms with Crippen LogP contribution in [0.1, 0.15) is 23.2 Å². The van der Waals surface area contributed by atoms with Gasteiger partial charge in [0, 0.05) is 49.9 Å². The van der Waals surface area contributed by atoms with Crippen LogP contribution in [-0.2, 0) is 4.74 Å². The largest absolute Gasteiger partial charge is 0.383 e. The zero-order valence-corrected chi connectivity index (χ0v) is 13.5. The molecule has 0 saturated carbocycles. The fourth-order valence-corrected chi connectivity index (χ4v) is 3.09. The molecule has 0 aliphatic carbocycles. The van der Waals surface area contributed by atoms with Gasteiger partial charge in [-0.05, 0) is 31.0 Å². The first-order valence-electron chi connectivity index (χ1n) is 8.14. The minimum Gasteiger partial charge on any atom is -0.383 e. The standard InChI is InChI=1S/C18H23N3O2/c1-23-13-12-21-10-7-14(8-11-21)20-18(22)16-4-2-6-17-15(16)5-3-9-19-17/h2-6,9,14H,7-8,10-13H2,1H3,(H,20,22). The lowest BCUT2D eigenvalue weighted by Gasteiger charge is -2.32. The molecular formula is C18H23N3O2.